The van der Waals surface area contributed by atoms with Crippen LogP contribution < -0.4 is 5.32 Å². The van der Waals surface area contributed by atoms with Crippen LogP contribution in [0.5, 0.6) is 0 Å². The first-order chi connectivity index (χ1) is 12.1. The van der Waals surface area contributed by atoms with Gasteiger partial charge in [-0.15, -0.1) is 0 Å². The third-order valence-electron chi connectivity index (χ3n) is 5.89. The summed E-state index contributed by atoms with van der Waals surface area (Å²) < 4.78 is 1.90. The Hall–Kier alpha value is -1.56. The zero-order valence-electron chi connectivity index (χ0n) is 16.3. The fourth-order valence-corrected chi connectivity index (χ4v) is 4.05. The molecule has 0 saturated carbocycles. The molecule has 6 heteroatoms. The molecule has 2 saturated heterocycles. The maximum Gasteiger partial charge on any atom is 0.193 e. The van der Waals surface area contributed by atoms with Crippen LogP contribution in [0.15, 0.2) is 17.4 Å². The summed E-state index contributed by atoms with van der Waals surface area (Å²) >= 11 is 0. The molecule has 140 valence electrons. The molecular weight excluding hydrogens is 312 g/mol. The average Bonchev–Trinajstić information content (AvgIpc) is 3.25. The topological polar surface area (TPSA) is 48.7 Å². The summed E-state index contributed by atoms with van der Waals surface area (Å²) in [7, 11) is 3.88. The van der Waals surface area contributed by atoms with Crippen molar-refractivity contribution in [2.75, 3.05) is 39.8 Å². The highest BCUT2D eigenvalue weighted by molar-refractivity contribution is 5.80. The van der Waals surface area contributed by atoms with Crippen molar-refractivity contribution >= 4 is 5.96 Å². The van der Waals surface area contributed by atoms with E-state index in [-0.39, 0.29) is 0 Å². The maximum absolute atomic E-state index is 4.52. The number of hydrogen-bond donors (Lipinski definition) is 1. The van der Waals surface area contributed by atoms with Gasteiger partial charge in [-0.2, -0.15) is 5.10 Å². The van der Waals surface area contributed by atoms with E-state index in [1.54, 1.807) is 0 Å². The second-order valence-corrected chi connectivity index (χ2v) is 7.87. The SMILES string of the molecule is CN=C(NCC(C)N1CCC(C)CC1)N1CCC(c2cnn(C)c2)C1. The highest BCUT2D eigenvalue weighted by Crippen LogP contribution is 2.26. The van der Waals surface area contributed by atoms with Gasteiger partial charge < -0.3 is 10.2 Å². The molecule has 1 N–H and O–H groups in total. The van der Waals surface area contributed by atoms with Gasteiger partial charge in [0.15, 0.2) is 5.96 Å². The molecule has 0 spiro atoms. The number of guanidine groups is 1. The fraction of sp³-hybridized carbons (Fsp3) is 0.789. The van der Waals surface area contributed by atoms with E-state index in [1.165, 1.54) is 37.9 Å². The van der Waals surface area contributed by atoms with Gasteiger partial charge >= 0.3 is 0 Å². The monoisotopic (exact) mass is 346 g/mol. The second-order valence-electron chi connectivity index (χ2n) is 7.87. The van der Waals surface area contributed by atoms with Crippen LogP contribution in [0.4, 0.5) is 0 Å². The van der Waals surface area contributed by atoms with E-state index >= 15 is 0 Å². The van der Waals surface area contributed by atoms with Crippen molar-refractivity contribution in [3.63, 3.8) is 0 Å². The Morgan fingerprint density at radius 2 is 2.08 bits per heavy atom. The Kier molecular flexibility index (Phi) is 5.99. The van der Waals surface area contributed by atoms with Crippen molar-refractivity contribution in [3.8, 4) is 0 Å². The van der Waals surface area contributed by atoms with Crippen LogP contribution in [0.1, 0.15) is 44.6 Å². The zero-order chi connectivity index (χ0) is 17.8. The van der Waals surface area contributed by atoms with Crippen LogP contribution >= 0.6 is 0 Å². The first kappa shape index (κ1) is 18.2. The predicted molar refractivity (Wildman–Crippen MR) is 103 cm³/mol. The van der Waals surface area contributed by atoms with E-state index < -0.39 is 0 Å². The van der Waals surface area contributed by atoms with Gasteiger partial charge in [-0.25, -0.2) is 0 Å². The van der Waals surface area contributed by atoms with Crippen LogP contribution in [0.2, 0.25) is 0 Å². The lowest BCUT2D eigenvalue weighted by molar-refractivity contribution is 0.147. The van der Waals surface area contributed by atoms with E-state index in [4.69, 9.17) is 0 Å². The molecule has 2 atom stereocenters. The molecule has 0 radical (unpaired) electrons. The number of likely N-dealkylation sites (tertiary alicyclic amines) is 2. The number of piperidine rings is 1. The van der Waals surface area contributed by atoms with Crippen molar-refractivity contribution in [1.29, 1.82) is 0 Å². The normalized spacial score (nSPS) is 24.7. The van der Waals surface area contributed by atoms with E-state index in [9.17, 15) is 0 Å². The number of aromatic nitrogens is 2. The summed E-state index contributed by atoms with van der Waals surface area (Å²) in [6.07, 6.45) is 7.98. The lowest BCUT2D eigenvalue weighted by Gasteiger charge is -2.35. The summed E-state index contributed by atoms with van der Waals surface area (Å²) in [6, 6.07) is 0.556. The number of nitrogens with zero attached hydrogens (tertiary/aromatic N) is 5. The number of nitrogens with one attached hydrogen (secondary N) is 1. The van der Waals surface area contributed by atoms with Gasteiger partial charge in [0.05, 0.1) is 6.20 Å². The van der Waals surface area contributed by atoms with Crippen LogP contribution in [0.25, 0.3) is 0 Å². The van der Waals surface area contributed by atoms with Gasteiger partial charge in [0, 0.05) is 51.9 Å². The third kappa shape index (κ3) is 4.54. The van der Waals surface area contributed by atoms with E-state index in [0.29, 0.717) is 12.0 Å². The number of aliphatic imine (C=N–C) groups is 1. The van der Waals surface area contributed by atoms with Crippen molar-refractivity contribution in [2.24, 2.45) is 18.0 Å². The zero-order valence-corrected chi connectivity index (χ0v) is 16.3. The van der Waals surface area contributed by atoms with Crippen LogP contribution in [-0.4, -0.2) is 71.4 Å². The summed E-state index contributed by atoms with van der Waals surface area (Å²) in [5.74, 6) is 2.50. The molecule has 0 aromatic carbocycles. The molecule has 6 nitrogen and oxygen atoms in total. The van der Waals surface area contributed by atoms with E-state index in [1.807, 2.05) is 25.0 Å². The summed E-state index contributed by atoms with van der Waals surface area (Å²) in [5, 5.41) is 7.92. The Labute approximate surface area is 152 Å². The number of hydrogen-bond acceptors (Lipinski definition) is 3. The molecule has 0 aliphatic carbocycles. The first-order valence-corrected chi connectivity index (χ1v) is 9.75. The summed E-state index contributed by atoms with van der Waals surface area (Å²) in [6.45, 7) is 10.2. The molecule has 3 rings (SSSR count). The predicted octanol–water partition coefficient (Wildman–Crippen LogP) is 1.91. The summed E-state index contributed by atoms with van der Waals surface area (Å²) in [4.78, 5) is 9.53. The van der Waals surface area contributed by atoms with Gasteiger partial charge in [-0.3, -0.25) is 14.6 Å². The van der Waals surface area contributed by atoms with Gasteiger partial charge in [0.25, 0.3) is 0 Å². The summed E-state index contributed by atoms with van der Waals surface area (Å²) in [5.41, 5.74) is 1.34. The van der Waals surface area contributed by atoms with Crippen LogP contribution in [0.3, 0.4) is 0 Å². The smallest absolute Gasteiger partial charge is 0.193 e. The molecule has 25 heavy (non-hydrogen) atoms. The second kappa shape index (κ2) is 8.21. The molecule has 1 aromatic rings. The molecule has 2 unspecified atom stereocenters. The average molecular weight is 347 g/mol. The lowest BCUT2D eigenvalue weighted by atomic mass is 9.98. The Bertz CT molecular complexity index is 572. The standard InChI is InChI=1S/C19H34N6/c1-15-5-8-24(9-6-15)16(2)11-21-19(20-3)25-10-7-17(14-25)18-12-22-23(4)13-18/h12-13,15-17H,5-11,14H2,1-4H3,(H,20,21). The molecule has 2 aliphatic rings. The van der Waals surface area contributed by atoms with E-state index in [2.05, 4.69) is 45.3 Å². The number of aryl methyl sites for hydroxylation is 1. The van der Waals surface area contributed by atoms with Crippen molar-refractivity contribution < 1.29 is 0 Å². The van der Waals surface area contributed by atoms with Crippen molar-refractivity contribution in [1.82, 2.24) is 24.9 Å². The minimum Gasteiger partial charge on any atom is -0.355 e. The Balaban J connectivity index is 1.48. The first-order valence-electron chi connectivity index (χ1n) is 9.75. The minimum atomic E-state index is 0.556. The Morgan fingerprint density at radius 3 is 2.72 bits per heavy atom. The molecule has 2 fully saturated rings. The largest absolute Gasteiger partial charge is 0.355 e. The van der Waals surface area contributed by atoms with Gasteiger partial charge in [-0.05, 0) is 50.8 Å². The van der Waals surface area contributed by atoms with Gasteiger partial charge in [0.2, 0.25) is 0 Å². The van der Waals surface area contributed by atoms with Crippen LogP contribution in [0, 0.1) is 5.92 Å². The molecule has 2 aliphatic heterocycles. The Morgan fingerprint density at radius 1 is 1.32 bits per heavy atom. The van der Waals surface area contributed by atoms with Gasteiger partial charge in [0.1, 0.15) is 0 Å². The van der Waals surface area contributed by atoms with Crippen molar-refractivity contribution in [3.05, 3.63) is 18.0 Å². The van der Waals surface area contributed by atoms with Crippen molar-refractivity contribution in [2.45, 2.75) is 45.1 Å². The highest BCUT2D eigenvalue weighted by Gasteiger charge is 2.27. The van der Waals surface area contributed by atoms with E-state index in [0.717, 1.165) is 31.5 Å². The van der Waals surface area contributed by atoms with Crippen LogP contribution in [-0.2, 0) is 7.05 Å². The molecule has 0 amide bonds. The molecular formula is C19H34N6. The minimum absolute atomic E-state index is 0.556. The lowest BCUT2D eigenvalue weighted by Crippen LogP contribution is -2.48. The third-order valence-corrected chi connectivity index (χ3v) is 5.89. The quantitative estimate of drug-likeness (QED) is 0.668. The highest BCUT2D eigenvalue weighted by atomic mass is 15.3. The number of rotatable bonds is 4. The molecule has 1 aromatic heterocycles. The molecule has 0 bridgehead atoms. The molecule has 3 heterocycles. The van der Waals surface area contributed by atoms with Gasteiger partial charge in [-0.1, -0.05) is 6.92 Å². The maximum atomic E-state index is 4.52. The fourth-order valence-electron chi connectivity index (χ4n) is 4.05.